The number of ether oxygens (including phenoxy) is 1. The SMILES string of the molecule is COCCNC(=O)CNC(=O)CCCO. The number of rotatable bonds is 8. The molecule has 88 valence electrons. The number of aliphatic hydroxyl groups is 1. The lowest BCUT2D eigenvalue weighted by Gasteiger charge is -2.05. The van der Waals surface area contributed by atoms with Gasteiger partial charge in [-0.2, -0.15) is 0 Å². The Morgan fingerprint density at radius 3 is 2.60 bits per heavy atom. The summed E-state index contributed by atoms with van der Waals surface area (Å²) < 4.78 is 4.74. The van der Waals surface area contributed by atoms with Crippen molar-refractivity contribution in [3.8, 4) is 0 Å². The smallest absolute Gasteiger partial charge is 0.239 e. The molecule has 0 bridgehead atoms. The normalized spacial score (nSPS) is 9.73. The first kappa shape index (κ1) is 13.9. The van der Waals surface area contributed by atoms with Crippen LogP contribution in [0.25, 0.3) is 0 Å². The third-order valence-electron chi connectivity index (χ3n) is 1.64. The molecule has 0 radical (unpaired) electrons. The van der Waals surface area contributed by atoms with E-state index >= 15 is 0 Å². The van der Waals surface area contributed by atoms with E-state index in [1.165, 1.54) is 0 Å². The molecule has 15 heavy (non-hydrogen) atoms. The minimum atomic E-state index is -0.246. The molecule has 0 unspecified atom stereocenters. The van der Waals surface area contributed by atoms with E-state index in [9.17, 15) is 9.59 Å². The van der Waals surface area contributed by atoms with Crippen LogP contribution in [-0.2, 0) is 14.3 Å². The Morgan fingerprint density at radius 2 is 2.00 bits per heavy atom. The number of methoxy groups -OCH3 is 1. The Balaban J connectivity index is 3.40. The third kappa shape index (κ3) is 9.17. The number of carbonyl (C=O) groups excluding carboxylic acids is 2. The molecule has 0 rings (SSSR count). The molecular weight excluding hydrogens is 200 g/mol. The standard InChI is InChI=1S/C9H18N2O4/c1-15-6-4-10-9(14)7-11-8(13)3-2-5-12/h12H,2-7H2,1H3,(H,10,14)(H,11,13). The van der Waals surface area contributed by atoms with Crippen LogP contribution >= 0.6 is 0 Å². The molecule has 0 fully saturated rings. The summed E-state index contributed by atoms with van der Waals surface area (Å²) in [5, 5.41) is 13.5. The van der Waals surface area contributed by atoms with Gasteiger partial charge in [-0.05, 0) is 6.42 Å². The summed E-state index contributed by atoms with van der Waals surface area (Å²) in [6.07, 6.45) is 0.652. The largest absolute Gasteiger partial charge is 0.396 e. The molecule has 0 aromatic carbocycles. The van der Waals surface area contributed by atoms with Crippen LogP contribution in [0.4, 0.5) is 0 Å². The zero-order valence-electron chi connectivity index (χ0n) is 8.91. The molecular formula is C9H18N2O4. The molecule has 0 aromatic rings. The van der Waals surface area contributed by atoms with Crippen molar-refractivity contribution in [2.75, 3.05) is 33.4 Å². The summed E-state index contributed by atoms with van der Waals surface area (Å²) in [6, 6.07) is 0. The van der Waals surface area contributed by atoms with Crippen molar-refractivity contribution in [2.24, 2.45) is 0 Å². The van der Waals surface area contributed by atoms with Crippen LogP contribution in [-0.4, -0.2) is 50.3 Å². The fraction of sp³-hybridized carbons (Fsp3) is 0.778. The maximum absolute atomic E-state index is 11.1. The highest BCUT2D eigenvalue weighted by Crippen LogP contribution is 1.85. The minimum Gasteiger partial charge on any atom is -0.396 e. The van der Waals surface area contributed by atoms with Gasteiger partial charge in [-0.1, -0.05) is 0 Å². The van der Waals surface area contributed by atoms with E-state index in [0.717, 1.165) is 0 Å². The molecule has 0 saturated carbocycles. The van der Waals surface area contributed by atoms with Gasteiger partial charge in [-0.15, -0.1) is 0 Å². The monoisotopic (exact) mass is 218 g/mol. The summed E-state index contributed by atoms with van der Waals surface area (Å²) in [5.41, 5.74) is 0. The predicted octanol–water partition coefficient (Wildman–Crippen LogP) is -1.36. The zero-order valence-corrected chi connectivity index (χ0v) is 8.91. The van der Waals surface area contributed by atoms with Gasteiger partial charge in [0, 0.05) is 26.7 Å². The number of hydrogen-bond acceptors (Lipinski definition) is 4. The number of nitrogens with one attached hydrogen (secondary N) is 2. The highest BCUT2D eigenvalue weighted by molar-refractivity contribution is 5.84. The van der Waals surface area contributed by atoms with E-state index in [-0.39, 0.29) is 31.4 Å². The van der Waals surface area contributed by atoms with Gasteiger partial charge in [0.25, 0.3) is 0 Å². The van der Waals surface area contributed by atoms with E-state index in [2.05, 4.69) is 10.6 Å². The highest BCUT2D eigenvalue weighted by atomic mass is 16.5. The summed E-state index contributed by atoms with van der Waals surface area (Å²) in [6.45, 7) is 0.827. The van der Waals surface area contributed by atoms with E-state index in [1.54, 1.807) is 7.11 Å². The van der Waals surface area contributed by atoms with Crippen LogP contribution in [0.5, 0.6) is 0 Å². The average Bonchev–Trinajstić information content (AvgIpc) is 2.24. The first-order valence-electron chi connectivity index (χ1n) is 4.84. The Hall–Kier alpha value is -1.14. The zero-order chi connectivity index (χ0) is 11.5. The molecule has 0 aromatic heterocycles. The molecule has 0 heterocycles. The quantitative estimate of drug-likeness (QED) is 0.439. The number of carbonyl (C=O) groups is 2. The van der Waals surface area contributed by atoms with Crippen LogP contribution < -0.4 is 10.6 Å². The second kappa shape index (κ2) is 9.42. The van der Waals surface area contributed by atoms with Crippen molar-refractivity contribution in [3.63, 3.8) is 0 Å². The van der Waals surface area contributed by atoms with Crippen LogP contribution in [0.15, 0.2) is 0 Å². The maximum atomic E-state index is 11.1. The van der Waals surface area contributed by atoms with Gasteiger partial charge in [-0.25, -0.2) is 0 Å². The molecule has 0 spiro atoms. The molecule has 0 atom stereocenters. The number of hydrogen-bond donors (Lipinski definition) is 3. The van der Waals surface area contributed by atoms with Crippen LogP contribution in [0, 0.1) is 0 Å². The van der Waals surface area contributed by atoms with Crippen LogP contribution in [0.2, 0.25) is 0 Å². The first-order chi connectivity index (χ1) is 7.20. The molecule has 0 aliphatic carbocycles. The Kier molecular flexibility index (Phi) is 8.70. The molecule has 0 saturated heterocycles. The predicted molar refractivity (Wildman–Crippen MR) is 54.2 cm³/mol. The van der Waals surface area contributed by atoms with Crippen molar-refractivity contribution >= 4 is 11.8 Å². The lowest BCUT2D eigenvalue weighted by molar-refractivity contribution is -0.126. The molecule has 3 N–H and O–H groups in total. The maximum Gasteiger partial charge on any atom is 0.239 e. The van der Waals surface area contributed by atoms with Crippen molar-refractivity contribution < 1.29 is 19.4 Å². The number of amides is 2. The topological polar surface area (TPSA) is 87.7 Å². The van der Waals surface area contributed by atoms with E-state index in [4.69, 9.17) is 9.84 Å². The Labute approximate surface area is 89.0 Å². The van der Waals surface area contributed by atoms with Crippen molar-refractivity contribution in [2.45, 2.75) is 12.8 Å². The van der Waals surface area contributed by atoms with E-state index < -0.39 is 0 Å². The minimum absolute atomic E-state index is 0.0204. The molecule has 2 amide bonds. The molecule has 0 aliphatic rings. The fourth-order valence-corrected chi connectivity index (χ4v) is 0.862. The van der Waals surface area contributed by atoms with Gasteiger partial charge < -0.3 is 20.5 Å². The third-order valence-corrected chi connectivity index (χ3v) is 1.64. The highest BCUT2D eigenvalue weighted by Gasteiger charge is 2.03. The summed E-state index contributed by atoms with van der Waals surface area (Å²) >= 11 is 0. The van der Waals surface area contributed by atoms with Gasteiger partial charge in [0.05, 0.1) is 13.2 Å². The molecule has 6 heteroatoms. The number of aliphatic hydroxyl groups excluding tert-OH is 1. The summed E-state index contributed by atoms with van der Waals surface area (Å²) in [5.74, 6) is -0.477. The fourth-order valence-electron chi connectivity index (χ4n) is 0.862. The molecule has 0 aliphatic heterocycles. The van der Waals surface area contributed by atoms with Crippen molar-refractivity contribution in [1.82, 2.24) is 10.6 Å². The van der Waals surface area contributed by atoms with Gasteiger partial charge in [0.1, 0.15) is 0 Å². The summed E-state index contributed by atoms with van der Waals surface area (Å²) in [7, 11) is 1.54. The Morgan fingerprint density at radius 1 is 1.27 bits per heavy atom. The van der Waals surface area contributed by atoms with E-state index in [1.807, 2.05) is 0 Å². The van der Waals surface area contributed by atoms with E-state index in [0.29, 0.717) is 19.6 Å². The van der Waals surface area contributed by atoms with Gasteiger partial charge in [0.15, 0.2) is 0 Å². The lowest BCUT2D eigenvalue weighted by Crippen LogP contribution is -2.38. The second-order valence-electron chi connectivity index (χ2n) is 2.95. The Bertz CT molecular complexity index is 197. The van der Waals surface area contributed by atoms with Crippen molar-refractivity contribution in [3.05, 3.63) is 0 Å². The first-order valence-corrected chi connectivity index (χ1v) is 4.84. The second-order valence-corrected chi connectivity index (χ2v) is 2.95. The lowest BCUT2D eigenvalue weighted by atomic mass is 10.3. The van der Waals surface area contributed by atoms with Crippen LogP contribution in [0.3, 0.4) is 0 Å². The van der Waals surface area contributed by atoms with Gasteiger partial charge in [-0.3, -0.25) is 9.59 Å². The average molecular weight is 218 g/mol. The molecule has 6 nitrogen and oxygen atoms in total. The van der Waals surface area contributed by atoms with Crippen LogP contribution in [0.1, 0.15) is 12.8 Å². The van der Waals surface area contributed by atoms with Gasteiger partial charge >= 0.3 is 0 Å². The van der Waals surface area contributed by atoms with Gasteiger partial charge in [0.2, 0.25) is 11.8 Å². The van der Waals surface area contributed by atoms with Crippen molar-refractivity contribution in [1.29, 1.82) is 0 Å². The summed E-state index contributed by atoms with van der Waals surface area (Å²) in [4.78, 5) is 22.1.